The highest BCUT2D eigenvalue weighted by molar-refractivity contribution is 7.89. The van der Waals surface area contributed by atoms with Gasteiger partial charge in [0, 0.05) is 36.3 Å². The minimum atomic E-state index is -3.61. The van der Waals surface area contributed by atoms with Crippen molar-refractivity contribution in [3.8, 4) is 0 Å². The number of carbonyl (C=O) groups is 1. The fraction of sp³-hybridized carbons (Fsp3) is 0.474. The molecule has 1 N–H and O–H groups in total. The molecular weight excluding hydrogens is 398 g/mol. The van der Waals surface area contributed by atoms with Crippen LogP contribution in [0.15, 0.2) is 34.5 Å². The molecule has 3 rings (SSSR count). The first kappa shape index (κ1) is 20.9. The third-order valence-electron chi connectivity index (χ3n) is 4.47. The van der Waals surface area contributed by atoms with Gasteiger partial charge >= 0.3 is 0 Å². The average molecular weight is 424 g/mol. The number of aryl methyl sites for hydroxylation is 2. The van der Waals surface area contributed by atoms with Gasteiger partial charge in [-0.25, -0.2) is 13.4 Å². The van der Waals surface area contributed by atoms with Gasteiger partial charge in [0.05, 0.1) is 23.1 Å². The van der Waals surface area contributed by atoms with Gasteiger partial charge in [-0.15, -0.1) is 11.3 Å². The Bertz CT molecular complexity index is 905. The van der Waals surface area contributed by atoms with E-state index in [1.807, 2.05) is 12.3 Å². The fourth-order valence-corrected chi connectivity index (χ4v) is 5.23. The van der Waals surface area contributed by atoms with Crippen molar-refractivity contribution < 1.29 is 17.9 Å². The Balaban J connectivity index is 1.52. The van der Waals surface area contributed by atoms with Gasteiger partial charge in [0.15, 0.2) is 0 Å². The van der Waals surface area contributed by atoms with E-state index in [-0.39, 0.29) is 10.8 Å². The van der Waals surface area contributed by atoms with Gasteiger partial charge in [0.2, 0.25) is 10.0 Å². The molecule has 1 aliphatic heterocycles. The zero-order valence-electron chi connectivity index (χ0n) is 15.9. The van der Waals surface area contributed by atoms with E-state index in [1.165, 1.54) is 16.4 Å². The number of thiazole rings is 1. The van der Waals surface area contributed by atoms with Crippen LogP contribution in [0.2, 0.25) is 0 Å². The van der Waals surface area contributed by atoms with E-state index in [2.05, 4.69) is 10.3 Å². The number of sulfonamides is 1. The first-order valence-electron chi connectivity index (χ1n) is 9.34. The van der Waals surface area contributed by atoms with Crippen LogP contribution in [-0.4, -0.2) is 56.5 Å². The molecule has 1 aromatic heterocycles. The van der Waals surface area contributed by atoms with Gasteiger partial charge in [-0.05, 0) is 44.4 Å². The van der Waals surface area contributed by atoms with Crippen LogP contribution in [0.4, 0.5) is 0 Å². The smallest absolute Gasteiger partial charge is 0.251 e. The molecule has 0 saturated carbocycles. The van der Waals surface area contributed by atoms with E-state index >= 15 is 0 Å². The number of benzene rings is 1. The molecule has 1 aliphatic rings. The minimum Gasteiger partial charge on any atom is -0.379 e. The molecule has 0 radical (unpaired) electrons. The molecule has 1 fully saturated rings. The van der Waals surface area contributed by atoms with Crippen LogP contribution < -0.4 is 5.32 Å². The summed E-state index contributed by atoms with van der Waals surface area (Å²) in [6.07, 6.45) is 2.69. The Labute approximate surface area is 169 Å². The lowest BCUT2D eigenvalue weighted by molar-refractivity contribution is 0.0730. The number of unbranched alkanes of at least 4 members (excludes halogenated alkanes) is 1. The van der Waals surface area contributed by atoms with Crippen LogP contribution in [0, 0.1) is 6.92 Å². The summed E-state index contributed by atoms with van der Waals surface area (Å²) in [5, 5.41) is 6.02. The van der Waals surface area contributed by atoms with Crippen molar-refractivity contribution in [1.29, 1.82) is 0 Å². The number of nitrogens with one attached hydrogen (secondary N) is 1. The van der Waals surface area contributed by atoms with Crippen molar-refractivity contribution in [2.45, 2.75) is 31.1 Å². The summed E-state index contributed by atoms with van der Waals surface area (Å²) in [6, 6.07) is 6.20. The number of carbonyl (C=O) groups excluding carboxylic acids is 1. The molecule has 0 unspecified atom stereocenters. The van der Waals surface area contributed by atoms with Crippen molar-refractivity contribution in [3.05, 3.63) is 45.9 Å². The molecule has 28 heavy (non-hydrogen) atoms. The van der Waals surface area contributed by atoms with Crippen LogP contribution in [0.1, 0.15) is 33.9 Å². The Hall–Kier alpha value is -1.81. The molecular formula is C19H25N3O4S2. The van der Waals surface area contributed by atoms with Crippen molar-refractivity contribution in [1.82, 2.24) is 14.6 Å². The average Bonchev–Trinajstić information content (AvgIpc) is 3.13. The molecule has 0 spiro atoms. The van der Waals surface area contributed by atoms with Crippen LogP contribution in [0.25, 0.3) is 0 Å². The molecule has 2 heterocycles. The molecule has 9 heteroatoms. The Morgan fingerprint density at radius 3 is 2.79 bits per heavy atom. The maximum absolute atomic E-state index is 12.7. The van der Waals surface area contributed by atoms with Gasteiger partial charge < -0.3 is 10.1 Å². The Morgan fingerprint density at radius 2 is 2.07 bits per heavy atom. The maximum atomic E-state index is 12.7. The van der Waals surface area contributed by atoms with E-state index in [0.29, 0.717) is 38.4 Å². The first-order valence-corrected chi connectivity index (χ1v) is 11.7. The fourth-order valence-electron chi connectivity index (χ4n) is 2.96. The van der Waals surface area contributed by atoms with Gasteiger partial charge in [0.1, 0.15) is 0 Å². The number of nitrogens with zero attached hydrogens (tertiary/aromatic N) is 2. The monoisotopic (exact) mass is 423 g/mol. The summed E-state index contributed by atoms with van der Waals surface area (Å²) < 4.78 is 32.1. The predicted molar refractivity (Wildman–Crippen MR) is 108 cm³/mol. The van der Waals surface area contributed by atoms with Crippen LogP contribution in [0.3, 0.4) is 0 Å². The van der Waals surface area contributed by atoms with E-state index in [9.17, 15) is 13.2 Å². The number of rotatable bonds is 8. The van der Waals surface area contributed by atoms with E-state index in [1.54, 1.807) is 23.5 Å². The number of aromatic nitrogens is 1. The van der Waals surface area contributed by atoms with E-state index in [4.69, 9.17) is 4.74 Å². The van der Waals surface area contributed by atoms with Gasteiger partial charge in [0.25, 0.3) is 5.91 Å². The third-order valence-corrected chi connectivity index (χ3v) is 7.39. The maximum Gasteiger partial charge on any atom is 0.251 e. The number of hydrogen-bond donors (Lipinski definition) is 1. The van der Waals surface area contributed by atoms with E-state index < -0.39 is 10.0 Å². The summed E-state index contributed by atoms with van der Waals surface area (Å²) >= 11 is 1.66. The highest BCUT2D eigenvalue weighted by atomic mass is 32.2. The zero-order chi connectivity index (χ0) is 20.0. The molecule has 0 aliphatic carbocycles. The first-order chi connectivity index (χ1) is 13.5. The van der Waals surface area contributed by atoms with Crippen molar-refractivity contribution >= 4 is 27.3 Å². The lowest BCUT2D eigenvalue weighted by Gasteiger charge is -2.26. The second kappa shape index (κ2) is 9.60. The Kier molecular flexibility index (Phi) is 7.17. The molecule has 1 amide bonds. The van der Waals surface area contributed by atoms with Gasteiger partial charge in [-0.1, -0.05) is 6.07 Å². The standard InChI is InChI=1S/C19H25N3O4S2/c1-15-14-27-18(21-15)7-2-3-8-20-19(23)16-5-4-6-17(13-16)28(24,25)22-9-11-26-12-10-22/h4-6,13-14H,2-3,7-12H2,1H3,(H,20,23). The van der Waals surface area contributed by atoms with Crippen molar-refractivity contribution in [2.75, 3.05) is 32.8 Å². The largest absolute Gasteiger partial charge is 0.379 e. The molecule has 152 valence electrons. The highest BCUT2D eigenvalue weighted by Crippen LogP contribution is 2.18. The number of ether oxygens (including phenoxy) is 1. The summed E-state index contributed by atoms with van der Waals surface area (Å²) in [6.45, 7) is 3.96. The normalized spacial score (nSPS) is 15.5. The van der Waals surface area contributed by atoms with Crippen LogP contribution in [-0.2, 0) is 21.2 Å². The van der Waals surface area contributed by atoms with E-state index in [0.717, 1.165) is 30.0 Å². The zero-order valence-corrected chi connectivity index (χ0v) is 17.5. The van der Waals surface area contributed by atoms with Crippen molar-refractivity contribution in [2.24, 2.45) is 0 Å². The molecule has 7 nitrogen and oxygen atoms in total. The number of morpholine rings is 1. The second-order valence-corrected chi connectivity index (χ2v) is 9.52. The minimum absolute atomic E-state index is 0.140. The van der Waals surface area contributed by atoms with Crippen molar-refractivity contribution in [3.63, 3.8) is 0 Å². The number of amides is 1. The summed E-state index contributed by atoms with van der Waals surface area (Å²) in [4.78, 5) is 17.0. The summed E-state index contributed by atoms with van der Waals surface area (Å²) in [7, 11) is -3.61. The summed E-state index contributed by atoms with van der Waals surface area (Å²) in [5.41, 5.74) is 1.39. The molecule has 1 aromatic carbocycles. The molecule has 0 bridgehead atoms. The highest BCUT2D eigenvalue weighted by Gasteiger charge is 2.26. The van der Waals surface area contributed by atoms with Gasteiger partial charge in [-0.2, -0.15) is 4.31 Å². The molecule has 0 atom stereocenters. The second-order valence-electron chi connectivity index (χ2n) is 6.64. The van der Waals surface area contributed by atoms with Crippen LogP contribution in [0.5, 0.6) is 0 Å². The lowest BCUT2D eigenvalue weighted by atomic mass is 10.2. The SMILES string of the molecule is Cc1csc(CCCCNC(=O)c2cccc(S(=O)(=O)N3CCOCC3)c2)n1. The molecule has 2 aromatic rings. The number of hydrogen-bond acceptors (Lipinski definition) is 6. The summed E-state index contributed by atoms with van der Waals surface area (Å²) in [5.74, 6) is -0.260. The molecule has 1 saturated heterocycles. The van der Waals surface area contributed by atoms with Crippen LogP contribution >= 0.6 is 11.3 Å². The Morgan fingerprint density at radius 1 is 1.29 bits per heavy atom. The van der Waals surface area contributed by atoms with Gasteiger partial charge in [-0.3, -0.25) is 4.79 Å². The quantitative estimate of drug-likeness (QED) is 0.658. The predicted octanol–water partition coefficient (Wildman–Crippen LogP) is 2.23. The lowest BCUT2D eigenvalue weighted by Crippen LogP contribution is -2.40. The topological polar surface area (TPSA) is 88.6 Å². The third kappa shape index (κ3) is 5.38.